The molecule has 0 bridgehead atoms. The zero-order valence-electron chi connectivity index (χ0n) is 13.3. The van der Waals surface area contributed by atoms with E-state index in [0.717, 1.165) is 19.7 Å². The van der Waals surface area contributed by atoms with Crippen LogP contribution in [0.5, 0.6) is 0 Å². The lowest BCUT2D eigenvalue weighted by Gasteiger charge is -2.37. The Morgan fingerprint density at radius 1 is 1.32 bits per heavy atom. The average Bonchev–Trinajstić information content (AvgIpc) is 2.73. The molecule has 3 nitrogen and oxygen atoms in total. The van der Waals surface area contributed by atoms with Crippen LogP contribution in [0.25, 0.3) is 0 Å². The number of nitrogens with two attached hydrogens (primary N) is 1. The third-order valence-electron chi connectivity index (χ3n) is 4.45. The molecular formula is C15H30N2OSi. The highest BCUT2D eigenvalue weighted by Crippen LogP contribution is 2.37. The van der Waals surface area contributed by atoms with Crippen molar-refractivity contribution < 1.29 is 4.43 Å². The third-order valence-corrected chi connectivity index (χ3v) is 8.95. The van der Waals surface area contributed by atoms with Crippen molar-refractivity contribution in [2.45, 2.75) is 57.8 Å². The molecule has 1 fully saturated rings. The normalized spacial score (nSPS) is 21.3. The highest BCUT2D eigenvalue weighted by atomic mass is 28.4. The maximum atomic E-state index is 6.34. The molecule has 0 spiro atoms. The Hall–Kier alpha value is -0.343. The van der Waals surface area contributed by atoms with E-state index in [0.29, 0.717) is 12.6 Å². The van der Waals surface area contributed by atoms with Gasteiger partial charge in [-0.25, -0.2) is 0 Å². The van der Waals surface area contributed by atoms with Gasteiger partial charge in [0, 0.05) is 12.6 Å². The summed E-state index contributed by atoms with van der Waals surface area (Å²) in [5.74, 6) is 6.09. The molecule has 0 amide bonds. The van der Waals surface area contributed by atoms with E-state index in [1.807, 2.05) is 0 Å². The van der Waals surface area contributed by atoms with Gasteiger partial charge in [-0.15, -0.1) is 0 Å². The van der Waals surface area contributed by atoms with Gasteiger partial charge in [0.2, 0.25) is 0 Å². The first-order chi connectivity index (χ1) is 8.78. The van der Waals surface area contributed by atoms with Gasteiger partial charge in [0.05, 0.1) is 13.1 Å². The van der Waals surface area contributed by atoms with E-state index in [-0.39, 0.29) is 5.04 Å². The molecule has 1 atom stereocenters. The van der Waals surface area contributed by atoms with Crippen LogP contribution in [0, 0.1) is 11.8 Å². The van der Waals surface area contributed by atoms with Crippen molar-refractivity contribution in [2.75, 3.05) is 26.2 Å². The fourth-order valence-corrected chi connectivity index (χ4v) is 3.08. The van der Waals surface area contributed by atoms with Crippen LogP contribution in [0.2, 0.25) is 18.1 Å². The van der Waals surface area contributed by atoms with E-state index in [2.05, 4.69) is 50.6 Å². The van der Waals surface area contributed by atoms with Crippen molar-refractivity contribution in [3.63, 3.8) is 0 Å². The van der Waals surface area contributed by atoms with Crippen molar-refractivity contribution in [1.29, 1.82) is 0 Å². The quantitative estimate of drug-likeness (QED) is 0.636. The fraction of sp³-hybridized carbons (Fsp3) is 0.867. The second kappa shape index (κ2) is 6.89. The van der Waals surface area contributed by atoms with Crippen molar-refractivity contribution in [1.82, 2.24) is 4.90 Å². The Morgan fingerprint density at radius 2 is 2.00 bits per heavy atom. The minimum Gasteiger partial charge on any atom is -0.415 e. The summed E-state index contributed by atoms with van der Waals surface area (Å²) in [6.45, 7) is 14.8. The third kappa shape index (κ3) is 4.92. The summed E-state index contributed by atoms with van der Waals surface area (Å²) < 4.78 is 6.34. The smallest absolute Gasteiger partial charge is 0.192 e. The minimum absolute atomic E-state index is 0.287. The average molecular weight is 283 g/mol. The molecule has 1 saturated heterocycles. The van der Waals surface area contributed by atoms with Crippen molar-refractivity contribution in [3.8, 4) is 11.8 Å². The zero-order valence-corrected chi connectivity index (χ0v) is 14.3. The summed E-state index contributed by atoms with van der Waals surface area (Å²) >= 11 is 0. The predicted octanol–water partition coefficient (Wildman–Crippen LogP) is 2.43. The van der Waals surface area contributed by atoms with Gasteiger partial charge in [0.25, 0.3) is 0 Å². The number of hydrogen-bond donors (Lipinski definition) is 1. The number of hydrogen-bond acceptors (Lipinski definition) is 3. The van der Waals surface area contributed by atoms with E-state index < -0.39 is 8.32 Å². The summed E-state index contributed by atoms with van der Waals surface area (Å²) in [7, 11) is -1.62. The summed E-state index contributed by atoms with van der Waals surface area (Å²) in [5, 5.41) is 0.287. The highest BCUT2D eigenvalue weighted by Gasteiger charge is 2.38. The Labute approximate surface area is 120 Å². The molecule has 110 valence electrons. The summed E-state index contributed by atoms with van der Waals surface area (Å²) in [4.78, 5) is 2.44. The maximum absolute atomic E-state index is 6.34. The molecule has 19 heavy (non-hydrogen) atoms. The van der Waals surface area contributed by atoms with E-state index >= 15 is 0 Å². The second-order valence-corrected chi connectivity index (χ2v) is 11.7. The Balaban J connectivity index is 2.48. The molecule has 0 aromatic carbocycles. The van der Waals surface area contributed by atoms with E-state index in [9.17, 15) is 0 Å². The lowest BCUT2D eigenvalue weighted by molar-refractivity contribution is 0.175. The van der Waals surface area contributed by atoms with Crippen LogP contribution in [-0.2, 0) is 4.43 Å². The van der Waals surface area contributed by atoms with Crippen molar-refractivity contribution >= 4 is 8.32 Å². The maximum Gasteiger partial charge on any atom is 0.192 e. The first-order valence-electron chi connectivity index (χ1n) is 7.32. The van der Waals surface area contributed by atoms with Crippen molar-refractivity contribution in [2.24, 2.45) is 5.73 Å². The SMILES string of the molecule is CC(C)(C)[Si](C)(C)OC[C@@H]1CCCN1CC#CCN. The number of rotatable bonds is 4. The second-order valence-electron chi connectivity index (χ2n) is 6.90. The lowest BCUT2D eigenvalue weighted by atomic mass is 10.2. The molecule has 1 heterocycles. The molecule has 1 aliphatic heterocycles. The Morgan fingerprint density at radius 3 is 2.58 bits per heavy atom. The van der Waals surface area contributed by atoms with Crippen LogP contribution in [0.15, 0.2) is 0 Å². The van der Waals surface area contributed by atoms with Gasteiger partial charge in [-0.2, -0.15) is 0 Å². The van der Waals surface area contributed by atoms with Gasteiger partial charge >= 0.3 is 0 Å². The van der Waals surface area contributed by atoms with E-state index in [1.165, 1.54) is 12.8 Å². The minimum atomic E-state index is -1.62. The van der Waals surface area contributed by atoms with Crippen LogP contribution in [-0.4, -0.2) is 45.5 Å². The number of likely N-dealkylation sites (tertiary alicyclic amines) is 1. The zero-order chi connectivity index (χ0) is 14.5. The monoisotopic (exact) mass is 282 g/mol. The predicted molar refractivity (Wildman–Crippen MR) is 84.6 cm³/mol. The summed E-state index contributed by atoms with van der Waals surface area (Å²) in [6.07, 6.45) is 2.49. The standard InChI is InChI=1S/C15H30N2OSi/c1-15(2,3)19(4,5)18-13-14-9-8-12-17(14)11-7-6-10-16/h14H,8-13,16H2,1-5H3/t14-/m0/s1. The van der Waals surface area contributed by atoms with Crippen LogP contribution in [0.1, 0.15) is 33.6 Å². The molecular weight excluding hydrogens is 252 g/mol. The van der Waals surface area contributed by atoms with Crippen LogP contribution in [0.4, 0.5) is 0 Å². The Kier molecular flexibility index (Phi) is 6.06. The molecule has 1 rings (SSSR count). The van der Waals surface area contributed by atoms with Gasteiger partial charge in [-0.1, -0.05) is 32.6 Å². The van der Waals surface area contributed by atoms with Gasteiger partial charge < -0.3 is 10.2 Å². The van der Waals surface area contributed by atoms with Gasteiger partial charge in [0.15, 0.2) is 8.32 Å². The molecule has 2 N–H and O–H groups in total. The molecule has 0 aromatic heterocycles. The molecule has 1 aliphatic rings. The molecule has 0 aliphatic carbocycles. The summed E-state index contributed by atoms with van der Waals surface area (Å²) in [6, 6.07) is 0.543. The first-order valence-corrected chi connectivity index (χ1v) is 10.2. The van der Waals surface area contributed by atoms with Gasteiger partial charge in [-0.3, -0.25) is 4.90 Å². The highest BCUT2D eigenvalue weighted by molar-refractivity contribution is 6.74. The molecule has 0 radical (unpaired) electrons. The fourth-order valence-electron chi connectivity index (χ4n) is 2.04. The molecule has 0 aromatic rings. The largest absolute Gasteiger partial charge is 0.415 e. The number of nitrogens with zero attached hydrogens (tertiary/aromatic N) is 1. The van der Waals surface area contributed by atoms with Gasteiger partial charge in [-0.05, 0) is 37.5 Å². The van der Waals surface area contributed by atoms with Gasteiger partial charge in [0.1, 0.15) is 0 Å². The molecule has 0 unspecified atom stereocenters. The van der Waals surface area contributed by atoms with E-state index in [1.54, 1.807) is 0 Å². The topological polar surface area (TPSA) is 38.5 Å². The summed E-state index contributed by atoms with van der Waals surface area (Å²) in [5.41, 5.74) is 5.40. The van der Waals surface area contributed by atoms with E-state index in [4.69, 9.17) is 10.2 Å². The van der Waals surface area contributed by atoms with Crippen LogP contribution >= 0.6 is 0 Å². The van der Waals surface area contributed by atoms with Crippen LogP contribution < -0.4 is 5.73 Å². The lowest BCUT2D eigenvalue weighted by Crippen LogP contribution is -2.44. The first kappa shape index (κ1) is 16.7. The van der Waals surface area contributed by atoms with Crippen molar-refractivity contribution in [3.05, 3.63) is 0 Å². The Bertz CT molecular complexity index is 338. The molecule has 0 saturated carbocycles. The van der Waals surface area contributed by atoms with Crippen LogP contribution in [0.3, 0.4) is 0 Å². The molecule has 4 heteroatoms.